The molecule has 0 nitrogen and oxygen atoms in total. The Morgan fingerprint density at radius 3 is 1.94 bits per heavy atom. The summed E-state index contributed by atoms with van der Waals surface area (Å²) >= 11 is 0. The Labute approximate surface area is 104 Å². The molecule has 0 saturated heterocycles. The summed E-state index contributed by atoms with van der Waals surface area (Å²) in [6, 6.07) is 0. The Bertz CT molecular complexity index is 173. The minimum absolute atomic E-state index is 0.302. The van der Waals surface area contributed by atoms with E-state index in [0.717, 1.165) is 38.5 Å². The third kappa shape index (κ3) is 12.0. The molecule has 0 radical (unpaired) electrons. The van der Waals surface area contributed by atoms with Crippen LogP contribution in [0, 0.1) is 11.8 Å². The minimum atomic E-state index is -3.98. The predicted molar refractivity (Wildman–Crippen MR) is 67.0 cm³/mol. The lowest BCUT2D eigenvalue weighted by molar-refractivity contribution is -0.136. The Balaban J connectivity index is 3.84. The van der Waals surface area contributed by atoms with Gasteiger partial charge in [-0.1, -0.05) is 59.3 Å². The first-order valence-corrected chi connectivity index (χ1v) is 6.92. The highest BCUT2D eigenvalue weighted by molar-refractivity contribution is 4.63. The molecule has 0 bridgehead atoms. The Morgan fingerprint density at radius 1 is 0.882 bits per heavy atom. The number of halogens is 3. The normalized spacial score (nSPS) is 14.3. The molecular formula is C14H27F3. The van der Waals surface area contributed by atoms with Crippen molar-refractivity contribution in [1.29, 1.82) is 0 Å². The van der Waals surface area contributed by atoms with Crippen LogP contribution in [-0.4, -0.2) is 6.18 Å². The van der Waals surface area contributed by atoms with E-state index in [1.807, 2.05) is 0 Å². The van der Waals surface area contributed by atoms with Crippen molar-refractivity contribution in [2.45, 2.75) is 78.3 Å². The van der Waals surface area contributed by atoms with E-state index < -0.39 is 12.6 Å². The zero-order valence-corrected chi connectivity index (χ0v) is 11.4. The van der Waals surface area contributed by atoms with Crippen molar-refractivity contribution in [2.75, 3.05) is 0 Å². The van der Waals surface area contributed by atoms with Gasteiger partial charge in [0, 0.05) is 6.42 Å². The van der Waals surface area contributed by atoms with Crippen molar-refractivity contribution >= 4 is 0 Å². The Morgan fingerprint density at radius 2 is 1.47 bits per heavy atom. The Kier molecular flexibility index (Phi) is 8.71. The molecule has 0 aromatic heterocycles. The van der Waals surface area contributed by atoms with E-state index >= 15 is 0 Å². The smallest absolute Gasteiger partial charge is 0.171 e. The molecule has 0 spiro atoms. The van der Waals surface area contributed by atoms with E-state index in [4.69, 9.17) is 0 Å². The van der Waals surface area contributed by atoms with Crippen LogP contribution in [0.1, 0.15) is 72.1 Å². The highest BCUT2D eigenvalue weighted by Crippen LogP contribution is 2.27. The summed E-state index contributed by atoms with van der Waals surface area (Å²) in [4.78, 5) is 0. The molecule has 0 fully saturated rings. The zero-order chi connectivity index (χ0) is 13.3. The lowest BCUT2D eigenvalue weighted by atomic mass is 9.89. The summed E-state index contributed by atoms with van der Waals surface area (Å²) in [7, 11) is 0. The molecule has 3 heteroatoms. The molecule has 0 aromatic rings. The predicted octanol–water partition coefficient (Wildman–Crippen LogP) is 5.96. The topological polar surface area (TPSA) is 0 Å². The van der Waals surface area contributed by atoms with Gasteiger partial charge in [-0.2, -0.15) is 13.2 Å². The van der Waals surface area contributed by atoms with Gasteiger partial charge in [-0.05, 0) is 18.3 Å². The third-order valence-electron chi connectivity index (χ3n) is 3.19. The maximum atomic E-state index is 12.1. The molecule has 0 saturated carbocycles. The van der Waals surface area contributed by atoms with Gasteiger partial charge in [-0.3, -0.25) is 0 Å². The fourth-order valence-electron chi connectivity index (χ4n) is 2.09. The summed E-state index contributed by atoms with van der Waals surface area (Å²) in [5.74, 6) is 1.15. The van der Waals surface area contributed by atoms with Crippen LogP contribution in [-0.2, 0) is 0 Å². The molecule has 0 heterocycles. The fourth-order valence-corrected chi connectivity index (χ4v) is 2.09. The lowest BCUT2D eigenvalue weighted by Crippen LogP contribution is -2.09. The van der Waals surface area contributed by atoms with Crippen LogP contribution in [0.2, 0.25) is 0 Å². The van der Waals surface area contributed by atoms with Crippen molar-refractivity contribution in [3.63, 3.8) is 0 Å². The van der Waals surface area contributed by atoms with Gasteiger partial charge in [0.25, 0.3) is 0 Å². The minimum Gasteiger partial charge on any atom is -0.171 e. The quantitative estimate of drug-likeness (QED) is 0.475. The van der Waals surface area contributed by atoms with Crippen LogP contribution in [0.4, 0.5) is 13.2 Å². The van der Waals surface area contributed by atoms with Gasteiger partial charge in [-0.25, -0.2) is 0 Å². The molecule has 0 N–H and O–H groups in total. The SMILES string of the molecule is CCCCC(CCCC(F)(F)F)CCC(C)C. The first-order valence-electron chi connectivity index (χ1n) is 6.92. The summed E-state index contributed by atoms with van der Waals surface area (Å²) in [5.41, 5.74) is 0. The van der Waals surface area contributed by atoms with Gasteiger partial charge in [-0.15, -0.1) is 0 Å². The molecule has 0 aliphatic heterocycles. The standard InChI is InChI=1S/C14H27F3/c1-4-5-7-13(10-9-12(2)3)8-6-11-14(15,16)17/h12-13H,4-11H2,1-3H3. The number of unbranched alkanes of at least 4 members (excludes halogenated alkanes) is 1. The van der Waals surface area contributed by atoms with Gasteiger partial charge in [0.2, 0.25) is 0 Å². The van der Waals surface area contributed by atoms with E-state index in [0.29, 0.717) is 18.3 Å². The summed E-state index contributed by atoms with van der Waals surface area (Å²) in [6.07, 6.45) is 2.07. The van der Waals surface area contributed by atoms with Gasteiger partial charge in [0.1, 0.15) is 0 Å². The molecule has 1 atom stereocenters. The molecule has 0 aliphatic carbocycles. The third-order valence-corrected chi connectivity index (χ3v) is 3.19. The van der Waals surface area contributed by atoms with Crippen LogP contribution in [0.3, 0.4) is 0 Å². The molecule has 0 amide bonds. The number of hydrogen-bond acceptors (Lipinski definition) is 0. The second kappa shape index (κ2) is 8.82. The molecule has 0 aromatic carbocycles. The van der Waals surface area contributed by atoms with Gasteiger partial charge >= 0.3 is 6.18 Å². The van der Waals surface area contributed by atoms with Crippen molar-refractivity contribution in [2.24, 2.45) is 11.8 Å². The molecule has 0 aliphatic rings. The highest BCUT2D eigenvalue weighted by atomic mass is 19.4. The van der Waals surface area contributed by atoms with Crippen molar-refractivity contribution in [3.05, 3.63) is 0 Å². The average Bonchev–Trinajstić information content (AvgIpc) is 2.19. The lowest BCUT2D eigenvalue weighted by Gasteiger charge is -2.18. The van der Waals surface area contributed by atoms with Crippen LogP contribution >= 0.6 is 0 Å². The van der Waals surface area contributed by atoms with Crippen molar-refractivity contribution < 1.29 is 13.2 Å². The van der Waals surface area contributed by atoms with E-state index in [1.54, 1.807) is 0 Å². The average molecular weight is 252 g/mol. The first-order chi connectivity index (χ1) is 7.85. The van der Waals surface area contributed by atoms with Crippen molar-refractivity contribution in [1.82, 2.24) is 0 Å². The first kappa shape index (κ1) is 16.8. The summed E-state index contributed by atoms with van der Waals surface area (Å²) in [6.45, 7) is 6.48. The van der Waals surface area contributed by atoms with Crippen LogP contribution < -0.4 is 0 Å². The van der Waals surface area contributed by atoms with Crippen LogP contribution in [0.25, 0.3) is 0 Å². The van der Waals surface area contributed by atoms with E-state index in [2.05, 4.69) is 20.8 Å². The van der Waals surface area contributed by atoms with Gasteiger partial charge < -0.3 is 0 Å². The number of alkyl halides is 3. The van der Waals surface area contributed by atoms with Gasteiger partial charge in [0.05, 0.1) is 0 Å². The van der Waals surface area contributed by atoms with Crippen molar-refractivity contribution in [3.8, 4) is 0 Å². The summed E-state index contributed by atoms with van der Waals surface area (Å²) < 4.78 is 36.2. The number of hydrogen-bond donors (Lipinski definition) is 0. The molecule has 104 valence electrons. The maximum absolute atomic E-state index is 12.1. The fraction of sp³-hybridized carbons (Fsp3) is 1.00. The highest BCUT2D eigenvalue weighted by Gasteiger charge is 2.26. The van der Waals surface area contributed by atoms with E-state index in [1.165, 1.54) is 0 Å². The van der Waals surface area contributed by atoms with E-state index in [9.17, 15) is 13.2 Å². The second-order valence-electron chi connectivity index (χ2n) is 5.49. The second-order valence-corrected chi connectivity index (χ2v) is 5.49. The van der Waals surface area contributed by atoms with Crippen LogP contribution in [0.15, 0.2) is 0 Å². The molecular weight excluding hydrogens is 225 g/mol. The number of rotatable bonds is 9. The van der Waals surface area contributed by atoms with Crippen LogP contribution in [0.5, 0.6) is 0 Å². The zero-order valence-electron chi connectivity index (χ0n) is 11.4. The summed E-state index contributed by atoms with van der Waals surface area (Å²) in [5, 5.41) is 0. The Hall–Kier alpha value is -0.210. The molecule has 17 heavy (non-hydrogen) atoms. The monoisotopic (exact) mass is 252 g/mol. The largest absolute Gasteiger partial charge is 0.389 e. The molecule has 1 unspecified atom stereocenters. The maximum Gasteiger partial charge on any atom is 0.389 e. The van der Waals surface area contributed by atoms with Gasteiger partial charge in [0.15, 0.2) is 0 Å². The molecule has 0 rings (SSSR count). The van der Waals surface area contributed by atoms with E-state index in [-0.39, 0.29) is 0 Å².